The summed E-state index contributed by atoms with van der Waals surface area (Å²) in [7, 11) is 0. The number of halogens is 1. The highest BCUT2D eigenvalue weighted by Crippen LogP contribution is 2.11. The molecule has 0 saturated heterocycles. The van der Waals surface area contributed by atoms with Crippen molar-refractivity contribution in [2.24, 2.45) is 0 Å². The molecule has 1 heteroatoms. The van der Waals surface area contributed by atoms with Gasteiger partial charge in [-0.2, -0.15) is 0 Å². The van der Waals surface area contributed by atoms with Crippen molar-refractivity contribution in [3.05, 3.63) is 58.7 Å². The number of hydrogen-bond acceptors (Lipinski definition) is 0. The lowest BCUT2D eigenvalue weighted by atomic mass is 10.1. The van der Waals surface area contributed by atoms with Crippen molar-refractivity contribution in [3.8, 4) is 0 Å². The average Bonchev–Trinajstić information content (AvgIpc) is 2.19. The van der Waals surface area contributed by atoms with Gasteiger partial charge in [0, 0.05) is 3.51 Å². The zero-order chi connectivity index (χ0) is 9.52. The van der Waals surface area contributed by atoms with Crippen LogP contribution in [0.1, 0.15) is 12.5 Å². The molecule has 0 aliphatic rings. The van der Waals surface area contributed by atoms with E-state index in [-0.39, 0.29) is 20.7 Å². The Morgan fingerprint density at radius 2 is 2.00 bits per heavy atom. The Kier molecular flexibility index (Phi) is 4.68. The zero-order valence-corrected chi connectivity index (χ0v) is 9.86. The van der Waals surface area contributed by atoms with Crippen LogP contribution in [0.4, 0.5) is 0 Å². The third-order valence-corrected chi connectivity index (χ3v) is 3.65. The van der Waals surface area contributed by atoms with Crippen molar-refractivity contribution in [2.45, 2.75) is 6.92 Å². The molecular formula is C12H13I. The smallest absolute Gasteiger partial charge is 0.0146 e. The first-order valence-electron chi connectivity index (χ1n) is 4.18. The van der Waals surface area contributed by atoms with Gasteiger partial charge >= 0.3 is 0 Å². The van der Waals surface area contributed by atoms with E-state index < -0.39 is 0 Å². The van der Waals surface area contributed by atoms with Crippen LogP contribution in [-0.2, 0) is 0 Å². The Labute approximate surface area is 89.7 Å². The van der Waals surface area contributed by atoms with Gasteiger partial charge in [0.1, 0.15) is 0 Å². The minimum atomic E-state index is -0.0292. The van der Waals surface area contributed by atoms with E-state index in [1.165, 1.54) is 9.07 Å². The predicted molar refractivity (Wildman–Crippen MR) is 69.6 cm³/mol. The molecule has 0 nitrogen and oxygen atoms in total. The van der Waals surface area contributed by atoms with Crippen LogP contribution in [0, 0.1) is 0 Å². The fraction of sp³-hybridized carbons (Fsp3) is 0.0833. The molecule has 68 valence electrons. The summed E-state index contributed by atoms with van der Waals surface area (Å²) in [5.74, 6) is 0. The van der Waals surface area contributed by atoms with Crippen LogP contribution in [0.25, 0.3) is 0 Å². The van der Waals surface area contributed by atoms with E-state index in [4.69, 9.17) is 0 Å². The standard InChI is InChI=1S/C12H13I/c1-3-8-12(13-4-2)11-9-6-5-7-10-11/h3-10H,2H2,1H3/b8-3-. The van der Waals surface area contributed by atoms with Crippen molar-refractivity contribution in [3.63, 3.8) is 0 Å². The Morgan fingerprint density at radius 1 is 1.31 bits per heavy atom. The summed E-state index contributed by atoms with van der Waals surface area (Å²) in [6, 6.07) is 10.5. The number of rotatable bonds is 3. The summed E-state index contributed by atoms with van der Waals surface area (Å²) in [5.41, 5.74) is 1.33. The summed E-state index contributed by atoms with van der Waals surface area (Å²) in [6.07, 6.45) is 4.27. The van der Waals surface area contributed by atoms with Gasteiger partial charge in [0.2, 0.25) is 0 Å². The zero-order valence-electron chi connectivity index (χ0n) is 7.70. The minimum Gasteiger partial charge on any atom is -0.0933 e. The Hall–Kier alpha value is -0.700. The van der Waals surface area contributed by atoms with E-state index in [1.54, 1.807) is 0 Å². The molecule has 0 spiro atoms. The van der Waals surface area contributed by atoms with Crippen molar-refractivity contribution < 1.29 is 0 Å². The SMILES string of the molecule is C=CI=C(/C=C\C)c1ccccc1. The maximum absolute atomic E-state index is 3.80. The summed E-state index contributed by atoms with van der Waals surface area (Å²) >= 11 is -0.0292. The van der Waals surface area contributed by atoms with Gasteiger partial charge in [0.15, 0.2) is 0 Å². The lowest BCUT2D eigenvalue weighted by molar-refractivity contribution is 1.67. The predicted octanol–water partition coefficient (Wildman–Crippen LogP) is 3.90. The van der Waals surface area contributed by atoms with Crippen LogP contribution in [0.2, 0.25) is 0 Å². The highest BCUT2D eigenvalue weighted by Gasteiger charge is 1.94. The van der Waals surface area contributed by atoms with Crippen LogP contribution in [0.15, 0.2) is 53.1 Å². The number of allylic oxidation sites excluding steroid dienone is 2. The monoisotopic (exact) mass is 284 g/mol. The van der Waals surface area contributed by atoms with Crippen LogP contribution < -0.4 is 0 Å². The van der Waals surface area contributed by atoms with Crippen LogP contribution >= 0.6 is 20.7 Å². The van der Waals surface area contributed by atoms with E-state index in [2.05, 4.69) is 49.9 Å². The molecule has 1 aromatic rings. The van der Waals surface area contributed by atoms with Gasteiger partial charge < -0.3 is 0 Å². The highest BCUT2D eigenvalue weighted by atomic mass is 127. The molecule has 0 aromatic heterocycles. The molecule has 1 rings (SSSR count). The molecule has 0 amide bonds. The molecule has 0 radical (unpaired) electrons. The molecule has 0 unspecified atom stereocenters. The molecule has 0 aliphatic heterocycles. The lowest BCUT2D eigenvalue weighted by Gasteiger charge is -1.99. The molecule has 0 bridgehead atoms. The van der Waals surface area contributed by atoms with Gasteiger partial charge in [-0.05, 0) is 16.6 Å². The Bertz CT molecular complexity index is 320. The van der Waals surface area contributed by atoms with E-state index >= 15 is 0 Å². The minimum absolute atomic E-state index is 0.0292. The fourth-order valence-corrected chi connectivity index (χ4v) is 2.78. The average molecular weight is 284 g/mol. The third-order valence-electron chi connectivity index (χ3n) is 1.56. The first kappa shape index (κ1) is 10.4. The van der Waals surface area contributed by atoms with Crippen LogP contribution in [-0.4, -0.2) is 3.51 Å². The molecule has 0 atom stereocenters. The van der Waals surface area contributed by atoms with Crippen molar-refractivity contribution >= 4 is 24.2 Å². The summed E-state index contributed by atoms with van der Waals surface area (Å²) < 4.78 is 3.47. The van der Waals surface area contributed by atoms with Crippen molar-refractivity contribution in [1.82, 2.24) is 0 Å². The maximum Gasteiger partial charge on any atom is 0.0146 e. The Balaban J connectivity index is 3.03. The van der Waals surface area contributed by atoms with Crippen molar-refractivity contribution in [2.75, 3.05) is 0 Å². The second-order valence-electron chi connectivity index (χ2n) is 2.48. The van der Waals surface area contributed by atoms with Gasteiger partial charge in [0.05, 0.1) is 0 Å². The van der Waals surface area contributed by atoms with Crippen LogP contribution in [0.5, 0.6) is 0 Å². The first-order chi connectivity index (χ1) is 6.38. The normalized spacial score (nSPS) is 12.5. The van der Waals surface area contributed by atoms with Gasteiger partial charge in [-0.25, -0.2) is 0 Å². The molecule has 0 aliphatic carbocycles. The number of hydrogen-bond donors (Lipinski definition) is 0. The van der Waals surface area contributed by atoms with Gasteiger partial charge in [-0.1, -0.05) is 69.8 Å². The number of benzene rings is 1. The molecule has 0 fully saturated rings. The molecule has 0 N–H and O–H groups in total. The first-order valence-corrected chi connectivity index (χ1v) is 6.50. The van der Waals surface area contributed by atoms with Gasteiger partial charge in [-0.15, -0.1) is 0 Å². The summed E-state index contributed by atoms with van der Waals surface area (Å²) in [5, 5.41) is 0. The van der Waals surface area contributed by atoms with Crippen LogP contribution in [0.3, 0.4) is 0 Å². The van der Waals surface area contributed by atoms with E-state index in [0.717, 1.165) is 0 Å². The second-order valence-corrected chi connectivity index (χ2v) is 5.14. The van der Waals surface area contributed by atoms with Gasteiger partial charge in [-0.3, -0.25) is 0 Å². The van der Waals surface area contributed by atoms with Gasteiger partial charge in [0.25, 0.3) is 0 Å². The van der Waals surface area contributed by atoms with E-state index in [9.17, 15) is 0 Å². The van der Waals surface area contributed by atoms with E-state index in [1.807, 2.05) is 10.1 Å². The Morgan fingerprint density at radius 3 is 2.54 bits per heavy atom. The topological polar surface area (TPSA) is 0 Å². The summed E-state index contributed by atoms with van der Waals surface area (Å²) in [4.78, 5) is 0. The largest absolute Gasteiger partial charge is 0.0933 e. The van der Waals surface area contributed by atoms with Crippen molar-refractivity contribution in [1.29, 1.82) is 0 Å². The molecule has 0 heterocycles. The third kappa shape index (κ3) is 3.27. The van der Waals surface area contributed by atoms with E-state index in [0.29, 0.717) is 0 Å². The molecule has 1 aromatic carbocycles. The summed E-state index contributed by atoms with van der Waals surface area (Å²) in [6.45, 7) is 5.85. The molecular weight excluding hydrogens is 271 g/mol. The maximum atomic E-state index is 3.80. The molecule has 0 saturated carbocycles. The highest BCUT2D eigenvalue weighted by molar-refractivity contribution is 14.2. The quantitative estimate of drug-likeness (QED) is 0.738. The fourth-order valence-electron chi connectivity index (χ4n) is 1.02. The second kappa shape index (κ2) is 5.86. The molecule has 13 heavy (non-hydrogen) atoms. The lowest BCUT2D eigenvalue weighted by Crippen LogP contribution is -1.90.